The topological polar surface area (TPSA) is 37.3 Å². The molecule has 4 nitrogen and oxygen atoms in total. The van der Waals surface area contributed by atoms with Crippen LogP contribution in [0.4, 0.5) is 10.5 Å². The van der Waals surface area contributed by atoms with Crippen LogP contribution in [0.15, 0.2) is 60.8 Å². The van der Waals surface area contributed by atoms with Gasteiger partial charge in [-0.15, -0.1) is 0 Å². The van der Waals surface area contributed by atoms with Crippen molar-refractivity contribution in [2.45, 2.75) is 33.4 Å². The predicted octanol–water partition coefficient (Wildman–Crippen LogP) is 5.05. The van der Waals surface area contributed by atoms with E-state index in [1.54, 1.807) is 0 Å². The summed E-state index contributed by atoms with van der Waals surface area (Å²) in [5, 5.41) is 3.09. The molecule has 0 bridgehead atoms. The summed E-state index contributed by atoms with van der Waals surface area (Å²) in [5.74, 6) is 0. The summed E-state index contributed by atoms with van der Waals surface area (Å²) in [5.41, 5.74) is 6.75. The van der Waals surface area contributed by atoms with E-state index in [2.05, 4.69) is 73.3 Å². The fraction of sp³-hybridized carbons (Fsp3) is 0.261. The van der Waals surface area contributed by atoms with Crippen molar-refractivity contribution < 1.29 is 4.79 Å². The molecule has 0 spiro atoms. The van der Waals surface area contributed by atoms with E-state index in [0.717, 1.165) is 23.5 Å². The Balaban J connectivity index is 1.66. The minimum absolute atomic E-state index is 0.0590. The number of hydrogen-bond acceptors (Lipinski definition) is 1. The molecule has 0 radical (unpaired) electrons. The Labute approximate surface area is 160 Å². The Morgan fingerprint density at radius 3 is 2.48 bits per heavy atom. The number of nitrogens with zero attached hydrogens (tertiary/aromatic N) is 2. The standard InChI is InChI=1S/C23H25N3O/c1-16-6-9-19(10-7-16)22-21-5-4-12-25(21)13-14-26(22)23(27)24-20-11-8-17(2)18(3)15-20/h4-12,15,22H,13-14H2,1-3H3,(H,24,27). The Kier molecular flexibility index (Phi) is 4.48. The Bertz CT molecular complexity index is 972. The van der Waals surface area contributed by atoms with Gasteiger partial charge in [-0.1, -0.05) is 35.9 Å². The third kappa shape index (κ3) is 3.35. The minimum Gasteiger partial charge on any atom is -0.348 e. The highest BCUT2D eigenvalue weighted by Crippen LogP contribution is 2.33. The fourth-order valence-corrected chi connectivity index (χ4v) is 3.72. The number of rotatable bonds is 2. The average molecular weight is 359 g/mol. The largest absolute Gasteiger partial charge is 0.348 e. The van der Waals surface area contributed by atoms with Crippen LogP contribution in [0.3, 0.4) is 0 Å². The van der Waals surface area contributed by atoms with Gasteiger partial charge in [-0.3, -0.25) is 0 Å². The molecule has 3 aromatic rings. The van der Waals surface area contributed by atoms with Crippen LogP contribution in [0.1, 0.15) is 34.0 Å². The second kappa shape index (κ2) is 6.95. The lowest BCUT2D eigenvalue weighted by Crippen LogP contribution is -2.44. The van der Waals surface area contributed by atoms with Crippen molar-refractivity contribution in [3.05, 3.63) is 88.7 Å². The van der Waals surface area contributed by atoms with Gasteiger partial charge in [0.15, 0.2) is 0 Å². The molecule has 4 heteroatoms. The lowest BCUT2D eigenvalue weighted by Gasteiger charge is -2.37. The van der Waals surface area contributed by atoms with E-state index in [9.17, 15) is 4.79 Å². The molecule has 1 N–H and O–H groups in total. The number of urea groups is 1. The van der Waals surface area contributed by atoms with E-state index in [1.165, 1.54) is 16.7 Å². The summed E-state index contributed by atoms with van der Waals surface area (Å²) < 4.78 is 2.24. The first kappa shape index (κ1) is 17.4. The quantitative estimate of drug-likeness (QED) is 0.683. The van der Waals surface area contributed by atoms with Crippen molar-refractivity contribution in [1.29, 1.82) is 0 Å². The number of carbonyl (C=O) groups excluding carboxylic acids is 1. The molecule has 0 fully saturated rings. The first-order chi connectivity index (χ1) is 13.0. The van der Waals surface area contributed by atoms with Crippen molar-refractivity contribution in [1.82, 2.24) is 9.47 Å². The van der Waals surface area contributed by atoms with Crippen LogP contribution in [0.5, 0.6) is 0 Å². The number of benzene rings is 2. The van der Waals surface area contributed by atoms with Gasteiger partial charge in [0.05, 0.1) is 6.04 Å². The number of amides is 2. The summed E-state index contributed by atoms with van der Waals surface area (Å²) >= 11 is 0. The van der Waals surface area contributed by atoms with E-state index in [1.807, 2.05) is 23.1 Å². The van der Waals surface area contributed by atoms with Gasteiger partial charge in [0.1, 0.15) is 0 Å². The maximum absolute atomic E-state index is 13.2. The summed E-state index contributed by atoms with van der Waals surface area (Å²) in [7, 11) is 0. The van der Waals surface area contributed by atoms with Gasteiger partial charge in [-0.2, -0.15) is 0 Å². The van der Waals surface area contributed by atoms with Gasteiger partial charge in [0, 0.05) is 30.7 Å². The first-order valence-corrected chi connectivity index (χ1v) is 9.39. The molecule has 0 aliphatic carbocycles. The van der Waals surface area contributed by atoms with Crippen LogP contribution in [-0.4, -0.2) is 22.0 Å². The third-order valence-corrected chi connectivity index (χ3v) is 5.45. The van der Waals surface area contributed by atoms with Crippen molar-refractivity contribution in [3.63, 3.8) is 0 Å². The van der Waals surface area contributed by atoms with Crippen LogP contribution >= 0.6 is 0 Å². The highest BCUT2D eigenvalue weighted by atomic mass is 16.2. The highest BCUT2D eigenvalue weighted by molar-refractivity contribution is 5.90. The van der Waals surface area contributed by atoms with E-state index in [4.69, 9.17) is 0 Å². The van der Waals surface area contributed by atoms with Gasteiger partial charge < -0.3 is 14.8 Å². The number of aryl methyl sites for hydroxylation is 3. The summed E-state index contributed by atoms with van der Waals surface area (Å²) in [4.78, 5) is 15.1. The lowest BCUT2D eigenvalue weighted by atomic mass is 9.99. The smallest absolute Gasteiger partial charge is 0.322 e. The van der Waals surface area contributed by atoms with E-state index in [-0.39, 0.29) is 12.1 Å². The van der Waals surface area contributed by atoms with Gasteiger partial charge in [0.25, 0.3) is 0 Å². The fourth-order valence-electron chi connectivity index (χ4n) is 3.72. The molecular formula is C23H25N3O. The lowest BCUT2D eigenvalue weighted by molar-refractivity contribution is 0.182. The van der Waals surface area contributed by atoms with Crippen molar-refractivity contribution in [3.8, 4) is 0 Å². The van der Waals surface area contributed by atoms with Crippen LogP contribution in [0, 0.1) is 20.8 Å². The zero-order valence-electron chi connectivity index (χ0n) is 16.1. The number of fused-ring (bicyclic) bond motifs is 1. The maximum atomic E-state index is 13.2. The molecule has 1 aliphatic rings. The Morgan fingerprint density at radius 2 is 1.74 bits per heavy atom. The zero-order chi connectivity index (χ0) is 19.0. The second-order valence-electron chi connectivity index (χ2n) is 7.36. The van der Waals surface area contributed by atoms with Crippen LogP contribution < -0.4 is 5.32 Å². The number of anilines is 1. The Hall–Kier alpha value is -3.01. The second-order valence-corrected chi connectivity index (χ2v) is 7.36. The van der Waals surface area contributed by atoms with E-state index in [0.29, 0.717) is 6.54 Å². The van der Waals surface area contributed by atoms with E-state index < -0.39 is 0 Å². The van der Waals surface area contributed by atoms with Gasteiger partial charge in [0.2, 0.25) is 0 Å². The molecule has 1 aromatic heterocycles. The Morgan fingerprint density at radius 1 is 0.963 bits per heavy atom. The molecule has 2 amide bonds. The predicted molar refractivity (Wildman–Crippen MR) is 109 cm³/mol. The van der Waals surface area contributed by atoms with E-state index >= 15 is 0 Å². The summed E-state index contributed by atoms with van der Waals surface area (Å²) in [6, 6.07) is 18.5. The zero-order valence-corrected chi connectivity index (χ0v) is 16.1. The summed E-state index contributed by atoms with van der Waals surface area (Å²) in [6.07, 6.45) is 2.09. The molecule has 138 valence electrons. The molecule has 1 unspecified atom stereocenters. The molecule has 0 saturated carbocycles. The number of hydrogen-bond donors (Lipinski definition) is 1. The van der Waals surface area contributed by atoms with Gasteiger partial charge in [-0.25, -0.2) is 4.79 Å². The third-order valence-electron chi connectivity index (χ3n) is 5.45. The van der Waals surface area contributed by atoms with Crippen LogP contribution in [0.25, 0.3) is 0 Å². The van der Waals surface area contributed by atoms with Crippen LogP contribution in [-0.2, 0) is 6.54 Å². The molecule has 2 heterocycles. The molecule has 0 saturated heterocycles. The average Bonchev–Trinajstić information content (AvgIpc) is 3.13. The SMILES string of the molecule is Cc1ccc(C2c3cccn3CCN2C(=O)Nc2ccc(C)c(C)c2)cc1. The van der Waals surface area contributed by atoms with Gasteiger partial charge in [-0.05, 0) is 61.7 Å². The molecular weight excluding hydrogens is 334 g/mol. The minimum atomic E-state index is -0.0825. The van der Waals surface area contributed by atoms with Crippen molar-refractivity contribution in [2.75, 3.05) is 11.9 Å². The van der Waals surface area contributed by atoms with Crippen molar-refractivity contribution >= 4 is 11.7 Å². The first-order valence-electron chi connectivity index (χ1n) is 9.39. The molecule has 1 aliphatic heterocycles. The van der Waals surface area contributed by atoms with Crippen molar-refractivity contribution in [2.24, 2.45) is 0 Å². The summed E-state index contributed by atoms with van der Waals surface area (Å²) in [6.45, 7) is 7.71. The molecule has 27 heavy (non-hydrogen) atoms. The van der Waals surface area contributed by atoms with Crippen LogP contribution in [0.2, 0.25) is 0 Å². The van der Waals surface area contributed by atoms with Gasteiger partial charge >= 0.3 is 6.03 Å². The maximum Gasteiger partial charge on any atom is 0.322 e. The number of nitrogens with one attached hydrogen (secondary N) is 1. The highest BCUT2D eigenvalue weighted by Gasteiger charge is 2.32. The molecule has 2 aromatic carbocycles. The molecule has 4 rings (SSSR count). The number of carbonyl (C=O) groups is 1. The number of aromatic nitrogens is 1. The monoisotopic (exact) mass is 359 g/mol. The molecule has 1 atom stereocenters. The normalized spacial score (nSPS) is 16.1.